The van der Waals surface area contributed by atoms with Crippen molar-refractivity contribution in [2.75, 3.05) is 0 Å². The number of carbonyl (C=O) groups excluding carboxylic acids is 1. The maximum Gasteiger partial charge on any atom is 0.329 e. The molecule has 0 aliphatic heterocycles. The van der Waals surface area contributed by atoms with E-state index in [0.717, 1.165) is 17.5 Å². The van der Waals surface area contributed by atoms with Crippen LogP contribution in [0.5, 0.6) is 0 Å². The Morgan fingerprint density at radius 1 is 1.17 bits per heavy atom. The van der Waals surface area contributed by atoms with Gasteiger partial charge in [0.2, 0.25) is 5.91 Å². The van der Waals surface area contributed by atoms with Crippen molar-refractivity contribution in [2.24, 2.45) is 0 Å². The Morgan fingerprint density at radius 2 is 1.75 bits per heavy atom. The van der Waals surface area contributed by atoms with E-state index < -0.39 is 12.0 Å². The smallest absolute Gasteiger partial charge is 0.329 e. The summed E-state index contributed by atoms with van der Waals surface area (Å²) in [5.74, 6) is -1.22. The van der Waals surface area contributed by atoms with Crippen molar-refractivity contribution in [3.05, 3.63) is 34.7 Å². The summed E-state index contributed by atoms with van der Waals surface area (Å²) >= 11 is 0. The Hall–Kier alpha value is -2.57. The summed E-state index contributed by atoms with van der Waals surface area (Å²) in [6.07, 6.45) is 0.854. The van der Waals surface area contributed by atoms with Crippen molar-refractivity contribution < 1.29 is 14.7 Å². The van der Waals surface area contributed by atoms with Gasteiger partial charge in [-0.2, -0.15) is 0 Å². The molecular weight excluding hydrogens is 310 g/mol. The molecule has 1 aromatic heterocycles. The summed E-state index contributed by atoms with van der Waals surface area (Å²) in [4.78, 5) is 35.2. The lowest BCUT2D eigenvalue weighted by molar-refractivity contribution is -0.137. The first-order valence-corrected chi connectivity index (χ1v) is 8.13. The highest BCUT2D eigenvalue weighted by atomic mass is 16.4. The van der Waals surface area contributed by atoms with Crippen molar-refractivity contribution in [1.29, 1.82) is 0 Å². The van der Waals surface area contributed by atoms with Crippen LogP contribution in [0, 0.1) is 0 Å². The molecule has 24 heavy (non-hydrogen) atoms. The number of aromatic nitrogens is 2. The maximum absolute atomic E-state index is 12.6. The zero-order valence-corrected chi connectivity index (χ0v) is 14.0. The fourth-order valence-electron chi connectivity index (χ4n) is 2.80. The average molecular weight is 333 g/mol. The highest BCUT2D eigenvalue weighted by molar-refractivity contribution is 5.78. The fourth-order valence-corrected chi connectivity index (χ4v) is 2.80. The average Bonchev–Trinajstić information content (AvgIpc) is 2.77. The first-order valence-electron chi connectivity index (χ1n) is 8.13. The normalized spacial score (nSPS) is 12.2. The van der Waals surface area contributed by atoms with Crippen LogP contribution >= 0.6 is 0 Å². The molecule has 0 fully saturated rings. The molecule has 2 N–H and O–H groups in total. The minimum atomic E-state index is -0.957. The van der Waals surface area contributed by atoms with Crippen molar-refractivity contribution in [1.82, 2.24) is 14.5 Å². The van der Waals surface area contributed by atoms with E-state index in [-0.39, 0.29) is 31.0 Å². The number of fused-ring (bicyclic) bond motifs is 1. The van der Waals surface area contributed by atoms with Crippen LogP contribution in [0.4, 0.5) is 0 Å². The van der Waals surface area contributed by atoms with Crippen LogP contribution in [0.3, 0.4) is 0 Å². The van der Waals surface area contributed by atoms with Crippen molar-refractivity contribution >= 4 is 22.9 Å². The van der Waals surface area contributed by atoms with E-state index >= 15 is 0 Å². The number of benzene rings is 1. The van der Waals surface area contributed by atoms with Crippen LogP contribution in [0.15, 0.2) is 29.1 Å². The predicted octanol–water partition coefficient (Wildman–Crippen LogP) is 1.58. The number of hydrogen-bond donors (Lipinski definition) is 2. The molecular formula is C17H23N3O4. The first kappa shape index (κ1) is 17.8. The SMILES string of the molecule is CCCn1c(=O)n(CCC(=O)NC(C)CC(=O)O)c2ccccc21. The Kier molecular flexibility index (Phi) is 5.78. The Balaban J connectivity index is 2.13. The molecule has 2 rings (SSSR count). The Labute approximate surface area is 139 Å². The number of imidazole rings is 1. The van der Waals surface area contributed by atoms with Crippen LogP contribution in [0.2, 0.25) is 0 Å². The van der Waals surface area contributed by atoms with Crippen LogP contribution in [-0.4, -0.2) is 32.2 Å². The van der Waals surface area contributed by atoms with Crippen molar-refractivity contribution in [3.63, 3.8) is 0 Å². The standard InChI is InChI=1S/C17H23N3O4/c1-3-9-19-13-6-4-5-7-14(13)20(17(19)24)10-8-15(21)18-12(2)11-16(22)23/h4-7,12H,3,8-11H2,1-2H3,(H,18,21)(H,22,23). The van der Waals surface area contributed by atoms with E-state index in [1.807, 2.05) is 31.2 Å². The largest absolute Gasteiger partial charge is 0.481 e. The zero-order chi connectivity index (χ0) is 17.7. The lowest BCUT2D eigenvalue weighted by Crippen LogP contribution is -2.35. The topological polar surface area (TPSA) is 93.3 Å². The Morgan fingerprint density at radius 3 is 2.29 bits per heavy atom. The molecule has 1 amide bonds. The van der Waals surface area contributed by atoms with Gasteiger partial charge in [-0.15, -0.1) is 0 Å². The summed E-state index contributed by atoms with van der Waals surface area (Å²) in [5, 5.41) is 11.4. The predicted molar refractivity (Wildman–Crippen MR) is 91.0 cm³/mol. The lowest BCUT2D eigenvalue weighted by Gasteiger charge is -2.11. The number of aryl methyl sites for hydroxylation is 2. The zero-order valence-electron chi connectivity index (χ0n) is 14.0. The number of nitrogens with zero attached hydrogens (tertiary/aromatic N) is 2. The summed E-state index contributed by atoms with van der Waals surface area (Å²) < 4.78 is 3.33. The molecule has 0 radical (unpaired) electrons. The highest BCUT2D eigenvalue weighted by Crippen LogP contribution is 2.13. The molecule has 0 aliphatic carbocycles. The third kappa shape index (κ3) is 4.04. The second-order valence-corrected chi connectivity index (χ2v) is 5.89. The van der Waals surface area contributed by atoms with Crippen LogP contribution in [0.25, 0.3) is 11.0 Å². The number of carboxylic acids is 1. The van der Waals surface area contributed by atoms with E-state index in [2.05, 4.69) is 5.32 Å². The lowest BCUT2D eigenvalue weighted by atomic mass is 10.2. The molecule has 1 heterocycles. The molecule has 1 unspecified atom stereocenters. The Bertz CT molecular complexity index is 791. The molecule has 0 saturated heterocycles. The second kappa shape index (κ2) is 7.81. The summed E-state index contributed by atoms with van der Waals surface area (Å²) in [7, 11) is 0. The van der Waals surface area contributed by atoms with E-state index in [1.165, 1.54) is 0 Å². The van der Waals surface area contributed by atoms with Gasteiger partial charge < -0.3 is 10.4 Å². The molecule has 1 aromatic carbocycles. The summed E-state index contributed by atoms with van der Waals surface area (Å²) in [5.41, 5.74) is 1.55. The molecule has 0 saturated carbocycles. The van der Waals surface area contributed by atoms with E-state index in [9.17, 15) is 14.4 Å². The molecule has 0 spiro atoms. The highest BCUT2D eigenvalue weighted by Gasteiger charge is 2.15. The third-order valence-corrected chi connectivity index (χ3v) is 3.82. The van der Waals surface area contributed by atoms with Crippen LogP contribution in [0.1, 0.15) is 33.1 Å². The molecule has 2 aromatic rings. The second-order valence-electron chi connectivity index (χ2n) is 5.89. The van der Waals surface area contributed by atoms with Gasteiger partial charge in [0.1, 0.15) is 0 Å². The molecule has 0 aliphatic rings. The van der Waals surface area contributed by atoms with Crippen molar-refractivity contribution in [2.45, 2.75) is 52.2 Å². The monoisotopic (exact) mass is 333 g/mol. The van der Waals surface area contributed by atoms with Gasteiger partial charge in [0.15, 0.2) is 0 Å². The fraction of sp³-hybridized carbons (Fsp3) is 0.471. The number of aliphatic carboxylic acids is 1. The molecule has 7 heteroatoms. The summed E-state index contributed by atoms with van der Waals surface area (Å²) in [6.45, 7) is 4.55. The van der Waals surface area contributed by atoms with Crippen molar-refractivity contribution in [3.8, 4) is 0 Å². The van der Waals surface area contributed by atoms with Gasteiger partial charge >= 0.3 is 11.7 Å². The molecule has 1 atom stereocenters. The third-order valence-electron chi connectivity index (χ3n) is 3.82. The summed E-state index contributed by atoms with van der Waals surface area (Å²) in [6, 6.07) is 7.08. The number of nitrogens with one attached hydrogen (secondary N) is 1. The van der Waals surface area contributed by atoms with Gasteiger partial charge in [-0.05, 0) is 25.5 Å². The minimum Gasteiger partial charge on any atom is -0.481 e. The number of para-hydroxylation sites is 2. The van der Waals surface area contributed by atoms with Gasteiger partial charge in [-0.1, -0.05) is 19.1 Å². The number of carboxylic acid groups (broad SMARTS) is 1. The van der Waals surface area contributed by atoms with Gasteiger partial charge in [0.25, 0.3) is 0 Å². The minimum absolute atomic E-state index is 0.121. The van der Waals surface area contributed by atoms with Gasteiger partial charge in [-0.3, -0.25) is 18.7 Å². The van der Waals surface area contributed by atoms with E-state index in [0.29, 0.717) is 6.54 Å². The van der Waals surface area contributed by atoms with E-state index in [4.69, 9.17) is 5.11 Å². The van der Waals surface area contributed by atoms with Crippen LogP contribution in [-0.2, 0) is 22.7 Å². The van der Waals surface area contributed by atoms with Gasteiger partial charge in [0.05, 0.1) is 17.5 Å². The molecule has 130 valence electrons. The number of rotatable bonds is 8. The molecule has 7 nitrogen and oxygen atoms in total. The first-order chi connectivity index (χ1) is 11.4. The van der Waals surface area contributed by atoms with E-state index in [1.54, 1.807) is 16.1 Å². The van der Waals surface area contributed by atoms with Gasteiger partial charge in [0, 0.05) is 25.6 Å². The molecule has 0 bridgehead atoms. The van der Waals surface area contributed by atoms with Crippen LogP contribution < -0.4 is 11.0 Å². The quantitative estimate of drug-likeness (QED) is 0.767. The number of amides is 1. The number of carbonyl (C=O) groups is 2. The maximum atomic E-state index is 12.6. The number of hydrogen-bond acceptors (Lipinski definition) is 3. The van der Waals surface area contributed by atoms with Gasteiger partial charge in [-0.25, -0.2) is 4.79 Å².